The number of aliphatic hydroxyl groups excluding tert-OH is 1. The van der Waals surface area contributed by atoms with E-state index in [0.717, 1.165) is 29.9 Å². The first-order chi connectivity index (χ1) is 14.3. The van der Waals surface area contributed by atoms with Gasteiger partial charge in [0, 0.05) is 25.0 Å². The number of nitrogens with zero attached hydrogens (tertiary/aromatic N) is 1. The fourth-order valence-corrected chi connectivity index (χ4v) is 5.43. The van der Waals surface area contributed by atoms with Gasteiger partial charge in [-0.2, -0.15) is 0 Å². The van der Waals surface area contributed by atoms with Gasteiger partial charge in [-0.1, -0.05) is 55.4 Å². The Morgan fingerprint density at radius 3 is 2.67 bits per heavy atom. The fourth-order valence-electron chi connectivity index (χ4n) is 4.91. The van der Waals surface area contributed by atoms with Crippen molar-refractivity contribution < 1.29 is 14.6 Å². The van der Waals surface area contributed by atoms with Crippen LogP contribution in [-0.2, 0) is 4.74 Å². The second-order valence-electron chi connectivity index (χ2n) is 9.60. The molecule has 1 heterocycles. The van der Waals surface area contributed by atoms with Crippen molar-refractivity contribution in [3.63, 3.8) is 0 Å². The average molecular weight is 433 g/mol. The summed E-state index contributed by atoms with van der Waals surface area (Å²) in [7, 11) is 0. The third-order valence-electron chi connectivity index (χ3n) is 6.21. The lowest BCUT2D eigenvalue weighted by atomic mass is 9.77. The van der Waals surface area contributed by atoms with Gasteiger partial charge in [0.15, 0.2) is 0 Å². The highest BCUT2D eigenvalue weighted by Gasteiger charge is 2.46. The summed E-state index contributed by atoms with van der Waals surface area (Å²) in [5.41, 5.74) is 0.476. The molecule has 1 saturated carbocycles. The summed E-state index contributed by atoms with van der Waals surface area (Å²) in [4.78, 5) is 15.3. The van der Waals surface area contributed by atoms with Crippen LogP contribution in [-0.4, -0.2) is 45.8 Å². The van der Waals surface area contributed by atoms with Crippen LogP contribution in [0.15, 0.2) is 30.3 Å². The molecule has 6 heteroatoms. The number of aliphatic hydroxyl groups is 1. The summed E-state index contributed by atoms with van der Waals surface area (Å²) in [6, 6.07) is 10.2. The Morgan fingerprint density at radius 2 is 1.97 bits per heavy atom. The van der Waals surface area contributed by atoms with Gasteiger partial charge in [-0.15, -0.1) is 0 Å². The molecular formula is C24H36N2O3S. The number of amides is 1. The second-order valence-corrected chi connectivity index (χ2v) is 10.0. The monoisotopic (exact) mass is 432 g/mol. The number of hydrogen-bond acceptors (Lipinski definition) is 4. The van der Waals surface area contributed by atoms with Crippen molar-refractivity contribution in [1.82, 2.24) is 10.2 Å². The molecule has 1 aromatic rings. The highest BCUT2D eigenvalue weighted by Crippen LogP contribution is 2.44. The van der Waals surface area contributed by atoms with Gasteiger partial charge in [-0.05, 0) is 57.9 Å². The molecule has 1 amide bonds. The van der Waals surface area contributed by atoms with Crippen LogP contribution in [0.25, 0.3) is 0 Å². The molecular weight excluding hydrogens is 396 g/mol. The standard InChI is InChI=1S/C24H36N2O3S/c1-24(2,3)29-23(28)25-14-9-15-26-20(16-21(27)17-10-5-4-6-11-17)18-12-7-8-13-19(18)22(26)30/h4-6,10-11,18-21,27H,7-9,12-16H2,1-3H3,(H,25,28)/t18-,19+,20+,21-/m1/s1. The first-order valence-electron chi connectivity index (χ1n) is 11.3. The molecule has 0 aromatic heterocycles. The Balaban J connectivity index is 1.60. The number of alkyl carbamates (subject to hydrolysis) is 1. The second kappa shape index (κ2) is 10.1. The lowest BCUT2D eigenvalue weighted by Gasteiger charge is -2.32. The van der Waals surface area contributed by atoms with Crippen molar-refractivity contribution in [2.24, 2.45) is 11.8 Å². The largest absolute Gasteiger partial charge is 0.444 e. The third kappa shape index (κ3) is 5.94. The number of ether oxygens (including phenoxy) is 1. The van der Waals surface area contributed by atoms with E-state index in [1.54, 1.807) is 0 Å². The molecule has 0 spiro atoms. The highest BCUT2D eigenvalue weighted by molar-refractivity contribution is 7.80. The molecule has 2 fully saturated rings. The van der Waals surface area contributed by atoms with E-state index in [9.17, 15) is 9.90 Å². The number of likely N-dealkylation sites (tertiary alicyclic amines) is 1. The van der Waals surface area contributed by atoms with Crippen molar-refractivity contribution in [3.05, 3.63) is 35.9 Å². The van der Waals surface area contributed by atoms with Crippen LogP contribution in [0.1, 0.15) is 71.0 Å². The van der Waals surface area contributed by atoms with Gasteiger partial charge in [-0.25, -0.2) is 4.79 Å². The zero-order chi connectivity index (χ0) is 21.7. The molecule has 4 atom stereocenters. The number of carbonyl (C=O) groups is 1. The van der Waals surface area contributed by atoms with E-state index in [0.29, 0.717) is 24.8 Å². The Kier molecular flexibility index (Phi) is 7.75. The predicted octanol–water partition coefficient (Wildman–Crippen LogP) is 4.84. The molecule has 1 aliphatic heterocycles. The predicted molar refractivity (Wildman–Crippen MR) is 123 cm³/mol. The summed E-state index contributed by atoms with van der Waals surface area (Å²) in [6.07, 6.45) is 5.47. The summed E-state index contributed by atoms with van der Waals surface area (Å²) in [5.74, 6) is 0.990. The van der Waals surface area contributed by atoms with Gasteiger partial charge in [0.1, 0.15) is 5.60 Å². The van der Waals surface area contributed by atoms with Crippen LogP contribution in [0.3, 0.4) is 0 Å². The Morgan fingerprint density at radius 1 is 1.27 bits per heavy atom. The molecule has 2 N–H and O–H groups in total. The zero-order valence-corrected chi connectivity index (χ0v) is 19.3. The van der Waals surface area contributed by atoms with Gasteiger partial charge < -0.3 is 20.1 Å². The van der Waals surface area contributed by atoms with E-state index in [1.165, 1.54) is 19.3 Å². The van der Waals surface area contributed by atoms with Gasteiger partial charge in [0.2, 0.25) is 0 Å². The number of fused-ring (bicyclic) bond motifs is 1. The number of nitrogens with one attached hydrogen (secondary N) is 1. The van der Waals surface area contributed by atoms with E-state index in [1.807, 2.05) is 51.1 Å². The van der Waals surface area contributed by atoms with E-state index in [2.05, 4.69) is 10.2 Å². The minimum atomic E-state index is -0.491. The zero-order valence-electron chi connectivity index (χ0n) is 18.5. The molecule has 166 valence electrons. The van der Waals surface area contributed by atoms with Crippen LogP contribution in [0.4, 0.5) is 4.79 Å². The minimum absolute atomic E-state index is 0.263. The Labute approximate surface area is 186 Å². The normalized spacial score (nSPS) is 25.0. The third-order valence-corrected chi connectivity index (χ3v) is 6.74. The van der Waals surface area contributed by atoms with Gasteiger partial charge >= 0.3 is 6.09 Å². The van der Waals surface area contributed by atoms with Crippen molar-refractivity contribution in [2.45, 2.75) is 77.0 Å². The number of benzene rings is 1. The molecule has 1 aliphatic carbocycles. The molecule has 2 aliphatic rings. The first kappa shape index (κ1) is 23.0. The van der Waals surface area contributed by atoms with Crippen LogP contribution < -0.4 is 5.32 Å². The maximum Gasteiger partial charge on any atom is 0.407 e. The topological polar surface area (TPSA) is 61.8 Å². The molecule has 3 rings (SSSR count). The number of thiocarbonyl (C=S) groups is 1. The van der Waals surface area contributed by atoms with Crippen molar-refractivity contribution in [2.75, 3.05) is 13.1 Å². The van der Waals surface area contributed by atoms with E-state index < -0.39 is 11.7 Å². The smallest absolute Gasteiger partial charge is 0.407 e. The first-order valence-corrected chi connectivity index (χ1v) is 11.7. The molecule has 0 bridgehead atoms. The lowest BCUT2D eigenvalue weighted by molar-refractivity contribution is 0.0525. The van der Waals surface area contributed by atoms with Crippen LogP contribution in [0, 0.1) is 11.8 Å². The molecule has 5 nitrogen and oxygen atoms in total. The quantitative estimate of drug-likeness (QED) is 0.477. The number of hydrogen-bond donors (Lipinski definition) is 2. The maximum atomic E-state index is 11.9. The summed E-state index contributed by atoms with van der Waals surface area (Å²) in [5, 5.41) is 13.7. The minimum Gasteiger partial charge on any atom is -0.444 e. The van der Waals surface area contributed by atoms with Gasteiger partial charge in [0.25, 0.3) is 0 Å². The molecule has 30 heavy (non-hydrogen) atoms. The Bertz CT molecular complexity index is 719. The number of carbonyl (C=O) groups excluding carboxylic acids is 1. The van der Waals surface area contributed by atoms with Crippen molar-refractivity contribution >= 4 is 23.3 Å². The van der Waals surface area contributed by atoms with E-state index >= 15 is 0 Å². The van der Waals surface area contributed by atoms with Crippen molar-refractivity contribution in [1.29, 1.82) is 0 Å². The summed E-state index contributed by atoms with van der Waals surface area (Å²) >= 11 is 5.89. The van der Waals surface area contributed by atoms with E-state index in [-0.39, 0.29) is 12.1 Å². The molecule has 0 unspecified atom stereocenters. The average Bonchev–Trinajstić information content (AvgIpc) is 2.96. The molecule has 0 radical (unpaired) electrons. The van der Waals surface area contributed by atoms with Crippen LogP contribution in [0.5, 0.6) is 0 Å². The molecule has 1 aromatic carbocycles. The number of rotatable bonds is 7. The van der Waals surface area contributed by atoms with Gasteiger partial charge in [0.05, 0.1) is 11.1 Å². The van der Waals surface area contributed by atoms with Gasteiger partial charge in [-0.3, -0.25) is 0 Å². The highest BCUT2D eigenvalue weighted by atomic mass is 32.1. The maximum absolute atomic E-state index is 11.9. The molecule has 1 saturated heterocycles. The SMILES string of the molecule is CC(C)(C)OC(=O)NCCCN1C(=S)[C@H]2CCCC[C@H]2[C@@H]1C[C@@H](O)c1ccccc1. The van der Waals surface area contributed by atoms with Crippen LogP contribution in [0.2, 0.25) is 0 Å². The van der Waals surface area contributed by atoms with Crippen molar-refractivity contribution in [3.8, 4) is 0 Å². The van der Waals surface area contributed by atoms with Crippen LogP contribution >= 0.6 is 12.2 Å². The lowest BCUT2D eigenvalue weighted by Crippen LogP contribution is -2.39. The van der Waals surface area contributed by atoms with E-state index in [4.69, 9.17) is 17.0 Å². The summed E-state index contributed by atoms with van der Waals surface area (Å²) < 4.78 is 5.31. The summed E-state index contributed by atoms with van der Waals surface area (Å²) in [6.45, 7) is 6.93. The Hall–Kier alpha value is -1.66. The fraction of sp³-hybridized carbons (Fsp3) is 0.667.